The van der Waals surface area contributed by atoms with Gasteiger partial charge in [-0.15, -0.1) is 0 Å². The number of rotatable bonds is 1. The van der Waals surface area contributed by atoms with Crippen molar-refractivity contribution in [3.63, 3.8) is 0 Å². The van der Waals surface area contributed by atoms with Crippen LogP contribution in [0.15, 0.2) is 36.4 Å². The zero-order valence-electron chi connectivity index (χ0n) is 9.88. The Morgan fingerprint density at radius 2 is 1.79 bits per heavy atom. The van der Waals surface area contributed by atoms with Gasteiger partial charge >= 0.3 is 0 Å². The summed E-state index contributed by atoms with van der Waals surface area (Å²) in [7, 11) is 0. The first-order valence-corrected chi connectivity index (χ1v) is 5.47. The molecule has 0 saturated heterocycles. The lowest BCUT2D eigenvalue weighted by molar-refractivity contribution is 0.402. The molecule has 4 nitrogen and oxygen atoms in total. The first-order chi connectivity index (χ1) is 9.10. The van der Waals surface area contributed by atoms with Crippen LogP contribution < -0.4 is 0 Å². The van der Waals surface area contributed by atoms with Crippen molar-refractivity contribution < 1.29 is 15.3 Å². The molecule has 4 heteroatoms. The second-order valence-electron chi connectivity index (χ2n) is 3.88. The van der Waals surface area contributed by atoms with Crippen LogP contribution in [0.5, 0.6) is 17.2 Å². The summed E-state index contributed by atoms with van der Waals surface area (Å²) in [5.74, 6) is 4.93. The lowest BCUT2D eigenvalue weighted by atomic mass is 10.1. The number of aromatic hydroxyl groups is 3. The van der Waals surface area contributed by atoms with Gasteiger partial charge in [-0.05, 0) is 35.9 Å². The van der Waals surface area contributed by atoms with Crippen LogP contribution in [0.3, 0.4) is 0 Å². The van der Waals surface area contributed by atoms with E-state index in [1.54, 1.807) is 12.1 Å². The average molecular weight is 253 g/mol. The molecule has 0 aliphatic carbocycles. The first kappa shape index (κ1) is 12.5. The van der Waals surface area contributed by atoms with Gasteiger partial charge in [0.1, 0.15) is 5.75 Å². The number of benzene rings is 2. The smallest absolute Gasteiger partial charge is 0.173 e. The molecule has 0 heterocycles. The minimum atomic E-state index is -0.321. The van der Waals surface area contributed by atoms with E-state index in [4.69, 9.17) is 5.41 Å². The fourth-order valence-electron chi connectivity index (χ4n) is 1.54. The minimum Gasteiger partial charge on any atom is -0.508 e. The lowest BCUT2D eigenvalue weighted by Crippen LogP contribution is -1.85. The van der Waals surface area contributed by atoms with E-state index in [1.165, 1.54) is 24.3 Å². The van der Waals surface area contributed by atoms with Crippen LogP contribution in [0, 0.1) is 17.3 Å². The number of phenols is 3. The Bertz CT molecular complexity index is 696. The van der Waals surface area contributed by atoms with E-state index in [0.717, 1.165) is 6.21 Å². The maximum Gasteiger partial charge on any atom is 0.173 e. The second-order valence-corrected chi connectivity index (χ2v) is 3.88. The van der Waals surface area contributed by atoms with Gasteiger partial charge in [0.2, 0.25) is 0 Å². The molecule has 0 fully saturated rings. The van der Waals surface area contributed by atoms with E-state index in [2.05, 4.69) is 11.8 Å². The van der Waals surface area contributed by atoms with Gasteiger partial charge in [-0.2, -0.15) is 0 Å². The number of phenolic OH excluding ortho intramolecular Hbond substituents is 3. The van der Waals surface area contributed by atoms with Crippen molar-refractivity contribution in [3.8, 4) is 29.1 Å². The summed E-state index contributed by atoms with van der Waals surface area (Å²) in [4.78, 5) is 0. The van der Waals surface area contributed by atoms with Crippen LogP contribution in [-0.2, 0) is 0 Å². The summed E-state index contributed by atoms with van der Waals surface area (Å²) in [5.41, 5.74) is 1.25. The molecule has 0 radical (unpaired) electrons. The third kappa shape index (κ3) is 2.85. The quantitative estimate of drug-likeness (QED) is 0.357. The van der Waals surface area contributed by atoms with E-state index in [9.17, 15) is 15.3 Å². The molecule has 0 spiro atoms. The largest absolute Gasteiger partial charge is 0.508 e. The topological polar surface area (TPSA) is 84.5 Å². The molecule has 4 N–H and O–H groups in total. The van der Waals surface area contributed by atoms with E-state index >= 15 is 0 Å². The Balaban J connectivity index is 2.44. The number of hydrogen-bond donors (Lipinski definition) is 4. The second kappa shape index (κ2) is 5.15. The SMILES string of the molecule is N=Cc1cc(O)c(O)c(C#Cc2cccc(O)c2)c1. The molecule has 2 aromatic carbocycles. The fourth-order valence-corrected chi connectivity index (χ4v) is 1.54. The molecular formula is C15H11NO3. The first-order valence-electron chi connectivity index (χ1n) is 5.47. The predicted molar refractivity (Wildman–Crippen MR) is 71.7 cm³/mol. The zero-order valence-corrected chi connectivity index (χ0v) is 9.88. The Morgan fingerprint density at radius 3 is 2.47 bits per heavy atom. The minimum absolute atomic E-state index is 0.104. The fraction of sp³-hybridized carbons (Fsp3) is 0. The summed E-state index contributed by atoms with van der Waals surface area (Å²) in [6.07, 6.45) is 1.05. The summed E-state index contributed by atoms with van der Waals surface area (Å²) in [5, 5.41) is 35.6. The molecule has 2 aromatic rings. The molecule has 94 valence electrons. The third-order valence-corrected chi connectivity index (χ3v) is 2.47. The van der Waals surface area contributed by atoms with Gasteiger partial charge in [-0.3, -0.25) is 0 Å². The molecule has 0 saturated carbocycles. The van der Waals surface area contributed by atoms with Crippen molar-refractivity contribution in [2.24, 2.45) is 0 Å². The average Bonchev–Trinajstić information content (AvgIpc) is 2.40. The Labute approximate surface area is 110 Å². The van der Waals surface area contributed by atoms with Crippen LogP contribution in [0.4, 0.5) is 0 Å². The Kier molecular flexibility index (Phi) is 3.39. The highest BCUT2D eigenvalue weighted by molar-refractivity contribution is 5.80. The molecule has 0 aliphatic heterocycles. The van der Waals surface area contributed by atoms with Crippen molar-refractivity contribution >= 4 is 6.21 Å². The maximum absolute atomic E-state index is 9.67. The standard InChI is InChI=1S/C15H11NO3/c16-9-11-6-12(15(19)14(18)8-11)5-4-10-2-1-3-13(17)7-10/h1-3,6-9,16-19H. The lowest BCUT2D eigenvalue weighted by Gasteiger charge is -2.02. The van der Waals surface area contributed by atoms with E-state index < -0.39 is 0 Å². The van der Waals surface area contributed by atoms with E-state index in [-0.39, 0.29) is 22.8 Å². The van der Waals surface area contributed by atoms with E-state index in [0.29, 0.717) is 11.1 Å². The van der Waals surface area contributed by atoms with Crippen molar-refractivity contribution in [2.75, 3.05) is 0 Å². The van der Waals surface area contributed by atoms with Gasteiger partial charge in [0.25, 0.3) is 0 Å². The molecular weight excluding hydrogens is 242 g/mol. The Morgan fingerprint density at radius 1 is 1.00 bits per heavy atom. The number of nitrogens with one attached hydrogen (secondary N) is 1. The maximum atomic E-state index is 9.67. The van der Waals surface area contributed by atoms with Gasteiger partial charge in [0.05, 0.1) is 5.56 Å². The van der Waals surface area contributed by atoms with Crippen molar-refractivity contribution in [1.82, 2.24) is 0 Å². The normalized spacial score (nSPS) is 9.47. The van der Waals surface area contributed by atoms with Gasteiger partial charge in [-0.25, -0.2) is 0 Å². The molecule has 0 aliphatic rings. The van der Waals surface area contributed by atoms with Crippen LogP contribution >= 0.6 is 0 Å². The molecule has 0 aromatic heterocycles. The molecule has 0 bridgehead atoms. The molecule has 2 rings (SSSR count). The van der Waals surface area contributed by atoms with Crippen molar-refractivity contribution in [3.05, 3.63) is 53.1 Å². The molecule has 19 heavy (non-hydrogen) atoms. The van der Waals surface area contributed by atoms with Crippen LogP contribution in [0.1, 0.15) is 16.7 Å². The van der Waals surface area contributed by atoms with Crippen LogP contribution in [-0.4, -0.2) is 21.5 Å². The number of hydrogen-bond acceptors (Lipinski definition) is 4. The van der Waals surface area contributed by atoms with Gasteiger partial charge in [0, 0.05) is 11.8 Å². The van der Waals surface area contributed by atoms with Crippen LogP contribution in [0.25, 0.3) is 0 Å². The highest BCUT2D eigenvalue weighted by atomic mass is 16.3. The molecule has 0 unspecified atom stereocenters. The molecule has 0 atom stereocenters. The van der Waals surface area contributed by atoms with Crippen LogP contribution in [0.2, 0.25) is 0 Å². The van der Waals surface area contributed by atoms with Crippen molar-refractivity contribution in [1.29, 1.82) is 5.41 Å². The van der Waals surface area contributed by atoms with Gasteiger partial charge < -0.3 is 20.7 Å². The van der Waals surface area contributed by atoms with Gasteiger partial charge in [-0.1, -0.05) is 17.9 Å². The van der Waals surface area contributed by atoms with Gasteiger partial charge in [0.15, 0.2) is 11.5 Å². The Hall–Kier alpha value is -2.93. The molecule has 0 amide bonds. The summed E-state index contributed by atoms with van der Waals surface area (Å²) >= 11 is 0. The summed E-state index contributed by atoms with van der Waals surface area (Å²) < 4.78 is 0. The van der Waals surface area contributed by atoms with Crippen molar-refractivity contribution in [2.45, 2.75) is 0 Å². The summed E-state index contributed by atoms with van der Waals surface area (Å²) in [6.45, 7) is 0. The monoisotopic (exact) mass is 253 g/mol. The highest BCUT2D eigenvalue weighted by Gasteiger charge is 2.06. The third-order valence-electron chi connectivity index (χ3n) is 2.47. The predicted octanol–water partition coefficient (Wildman–Crippen LogP) is 2.20. The highest BCUT2D eigenvalue weighted by Crippen LogP contribution is 2.29. The zero-order chi connectivity index (χ0) is 13.8. The summed E-state index contributed by atoms with van der Waals surface area (Å²) in [6, 6.07) is 9.17. The van der Waals surface area contributed by atoms with E-state index in [1.807, 2.05) is 0 Å².